The zero-order valence-corrected chi connectivity index (χ0v) is 13.8. The monoisotopic (exact) mass is 293 g/mol. The molecule has 0 saturated heterocycles. The van der Waals surface area contributed by atoms with Gasteiger partial charge in [0.2, 0.25) is 0 Å². The average molecular weight is 293 g/mol. The van der Waals surface area contributed by atoms with Gasteiger partial charge in [-0.2, -0.15) is 0 Å². The van der Waals surface area contributed by atoms with E-state index in [1.165, 1.54) is 18.4 Å². The predicted molar refractivity (Wildman–Crippen MR) is 88.7 cm³/mol. The number of hydrogen-bond donors (Lipinski definition) is 2. The SMILES string of the molecule is CCCCCOc1ccc(CNC(CC)(CC)CO)cc1. The normalized spacial score (nSPS) is 11.6. The molecule has 2 N–H and O–H groups in total. The maximum absolute atomic E-state index is 9.56. The van der Waals surface area contributed by atoms with Gasteiger partial charge in [0.1, 0.15) is 5.75 Å². The van der Waals surface area contributed by atoms with Crippen molar-refractivity contribution in [3.8, 4) is 5.75 Å². The molecule has 0 aromatic heterocycles. The third-order valence-corrected chi connectivity index (χ3v) is 4.26. The fourth-order valence-electron chi connectivity index (χ4n) is 2.31. The van der Waals surface area contributed by atoms with Crippen molar-refractivity contribution in [1.82, 2.24) is 5.32 Å². The molecule has 0 aliphatic heterocycles. The smallest absolute Gasteiger partial charge is 0.119 e. The van der Waals surface area contributed by atoms with Crippen molar-refractivity contribution in [2.75, 3.05) is 13.2 Å². The van der Waals surface area contributed by atoms with Gasteiger partial charge >= 0.3 is 0 Å². The lowest BCUT2D eigenvalue weighted by Gasteiger charge is -2.31. The van der Waals surface area contributed by atoms with Crippen LogP contribution in [0.25, 0.3) is 0 Å². The molecule has 0 aliphatic rings. The van der Waals surface area contributed by atoms with Crippen molar-refractivity contribution in [3.05, 3.63) is 29.8 Å². The summed E-state index contributed by atoms with van der Waals surface area (Å²) in [7, 11) is 0. The Balaban J connectivity index is 2.43. The Bertz CT molecular complexity index is 363. The van der Waals surface area contributed by atoms with E-state index in [0.29, 0.717) is 0 Å². The van der Waals surface area contributed by atoms with Crippen LogP contribution in [0.4, 0.5) is 0 Å². The van der Waals surface area contributed by atoms with Crippen molar-refractivity contribution in [2.24, 2.45) is 0 Å². The highest BCUT2D eigenvalue weighted by atomic mass is 16.5. The maximum Gasteiger partial charge on any atom is 0.119 e. The molecule has 0 amide bonds. The van der Waals surface area contributed by atoms with E-state index in [1.807, 2.05) is 12.1 Å². The highest BCUT2D eigenvalue weighted by Gasteiger charge is 2.23. The molecule has 3 heteroatoms. The molecule has 0 heterocycles. The van der Waals surface area contributed by atoms with Crippen LogP contribution < -0.4 is 10.1 Å². The molecular formula is C18H31NO2. The van der Waals surface area contributed by atoms with Gasteiger partial charge in [-0.15, -0.1) is 0 Å². The molecule has 1 aromatic rings. The molecule has 0 saturated carbocycles. The number of aliphatic hydroxyl groups excluding tert-OH is 1. The van der Waals surface area contributed by atoms with E-state index in [4.69, 9.17) is 4.74 Å². The highest BCUT2D eigenvalue weighted by molar-refractivity contribution is 5.27. The zero-order valence-electron chi connectivity index (χ0n) is 13.8. The van der Waals surface area contributed by atoms with Gasteiger partial charge in [-0.3, -0.25) is 0 Å². The van der Waals surface area contributed by atoms with Crippen LogP contribution in [0.5, 0.6) is 5.75 Å². The molecule has 3 nitrogen and oxygen atoms in total. The topological polar surface area (TPSA) is 41.5 Å². The Labute approximate surface area is 129 Å². The summed E-state index contributed by atoms with van der Waals surface area (Å²) in [5.41, 5.74) is 1.06. The summed E-state index contributed by atoms with van der Waals surface area (Å²) in [6.07, 6.45) is 5.41. The van der Waals surface area contributed by atoms with Crippen LogP contribution in [-0.2, 0) is 6.54 Å². The van der Waals surface area contributed by atoms with Crippen molar-refractivity contribution < 1.29 is 9.84 Å². The molecule has 0 spiro atoms. The van der Waals surface area contributed by atoms with Crippen LogP contribution in [0, 0.1) is 0 Å². The molecule has 1 rings (SSSR count). The van der Waals surface area contributed by atoms with E-state index in [0.717, 1.165) is 38.2 Å². The maximum atomic E-state index is 9.56. The Morgan fingerprint density at radius 2 is 1.71 bits per heavy atom. The molecule has 120 valence electrons. The van der Waals surface area contributed by atoms with Crippen LogP contribution in [0.1, 0.15) is 58.4 Å². The second-order valence-corrected chi connectivity index (χ2v) is 5.70. The molecule has 1 aromatic carbocycles. The van der Waals surface area contributed by atoms with E-state index >= 15 is 0 Å². The number of hydrogen-bond acceptors (Lipinski definition) is 3. The van der Waals surface area contributed by atoms with E-state index in [-0.39, 0.29) is 12.1 Å². The number of ether oxygens (including phenoxy) is 1. The molecular weight excluding hydrogens is 262 g/mol. The summed E-state index contributed by atoms with van der Waals surface area (Å²) in [5, 5.41) is 13.0. The van der Waals surface area contributed by atoms with Crippen LogP contribution in [0.3, 0.4) is 0 Å². The summed E-state index contributed by atoms with van der Waals surface area (Å²) in [6.45, 7) is 8.17. The summed E-state index contributed by atoms with van der Waals surface area (Å²) >= 11 is 0. The number of unbranched alkanes of at least 4 members (excludes halogenated alkanes) is 2. The largest absolute Gasteiger partial charge is 0.494 e. The summed E-state index contributed by atoms with van der Waals surface area (Å²) in [4.78, 5) is 0. The Morgan fingerprint density at radius 3 is 2.24 bits per heavy atom. The van der Waals surface area contributed by atoms with E-state index in [1.54, 1.807) is 0 Å². The molecule has 0 radical (unpaired) electrons. The second kappa shape index (κ2) is 9.80. The lowest BCUT2D eigenvalue weighted by atomic mass is 9.93. The van der Waals surface area contributed by atoms with Crippen molar-refractivity contribution >= 4 is 0 Å². The van der Waals surface area contributed by atoms with Crippen molar-refractivity contribution in [2.45, 2.75) is 65.0 Å². The van der Waals surface area contributed by atoms with Gasteiger partial charge in [0.25, 0.3) is 0 Å². The lowest BCUT2D eigenvalue weighted by Crippen LogP contribution is -2.47. The summed E-state index contributed by atoms with van der Waals surface area (Å²) < 4.78 is 5.71. The number of benzene rings is 1. The third-order valence-electron chi connectivity index (χ3n) is 4.26. The lowest BCUT2D eigenvalue weighted by molar-refractivity contribution is 0.149. The fraction of sp³-hybridized carbons (Fsp3) is 0.667. The van der Waals surface area contributed by atoms with Crippen molar-refractivity contribution in [1.29, 1.82) is 0 Å². The van der Waals surface area contributed by atoms with Crippen LogP contribution in [0.2, 0.25) is 0 Å². The Kier molecular flexibility index (Phi) is 8.40. The Hall–Kier alpha value is -1.06. The zero-order chi connectivity index (χ0) is 15.6. The summed E-state index contributed by atoms with van der Waals surface area (Å²) in [5.74, 6) is 0.939. The number of aliphatic hydroxyl groups is 1. The van der Waals surface area contributed by atoms with Crippen LogP contribution in [0.15, 0.2) is 24.3 Å². The van der Waals surface area contributed by atoms with Crippen LogP contribution in [-0.4, -0.2) is 23.9 Å². The molecule has 21 heavy (non-hydrogen) atoms. The second-order valence-electron chi connectivity index (χ2n) is 5.70. The van der Waals surface area contributed by atoms with Crippen LogP contribution >= 0.6 is 0 Å². The molecule has 0 bridgehead atoms. The minimum atomic E-state index is -0.157. The number of rotatable bonds is 11. The molecule has 0 atom stereocenters. The summed E-state index contributed by atoms with van der Waals surface area (Å²) in [6, 6.07) is 8.24. The highest BCUT2D eigenvalue weighted by Crippen LogP contribution is 2.17. The first-order valence-corrected chi connectivity index (χ1v) is 8.27. The molecule has 0 aliphatic carbocycles. The van der Waals surface area contributed by atoms with E-state index < -0.39 is 0 Å². The van der Waals surface area contributed by atoms with Crippen molar-refractivity contribution in [3.63, 3.8) is 0 Å². The van der Waals surface area contributed by atoms with Gasteiger partial charge in [0, 0.05) is 12.1 Å². The Morgan fingerprint density at radius 1 is 1.05 bits per heavy atom. The van der Waals surface area contributed by atoms with E-state index in [9.17, 15) is 5.11 Å². The van der Waals surface area contributed by atoms with Gasteiger partial charge < -0.3 is 15.2 Å². The minimum absolute atomic E-state index is 0.157. The van der Waals surface area contributed by atoms with E-state index in [2.05, 4.69) is 38.2 Å². The van der Waals surface area contributed by atoms with Gasteiger partial charge in [-0.1, -0.05) is 45.7 Å². The third kappa shape index (κ3) is 6.06. The van der Waals surface area contributed by atoms with Gasteiger partial charge in [0.15, 0.2) is 0 Å². The van der Waals surface area contributed by atoms with Gasteiger partial charge in [0.05, 0.1) is 13.2 Å². The standard InChI is InChI=1S/C18H31NO2/c1-4-7-8-13-21-17-11-9-16(10-12-17)14-19-18(5-2,6-3)15-20/h9-12,19-20H,4-8,13-15H2,1-3H3. The van der Waals surface area contributed by atoms with Gasteiger partial charge in [-0.25, -0.2) is 0 Å². The predicted octanol–water partition coefficient (Wildman–Crippen LogP) is 3.90. The molecule has 0 fully saturated rings. The fourth-order valence-corrected chi connectivity index (χ4v) is 2.31. The molecule has 0 unspecified atom stereocenters. The minimum Gasteiger partial charge on any atom is -0.494 e. The first-order valence-electron chi connectivity index (χ1n) is 8.27. The average Bonchev–Trinajstić information content (AvgIpc) is 2.55. The quantitative estimate of drug-likeness (QED) is 0.608. The first-order chi connectivity index (χ1) is 10.2. The van der Waals surface area contributed by atoms with Gasteiger partial charge in [-0.05, 0) is 37.0 Å². The number of nitrogens with one attached hydrogen (secondary N) is 1. The first kappa shape index (κ1) is 18.0.